The molecule has 1 saturated heterocycles. The average molecular weight is 580 g/mol. The topological polar surface area (TPSA) is 74.5 Å². The van der Waals surface area contributed by atoms with E-state index in [1.165, 1.54) is 6.07 Å². The minimum Gasteiger partial charge on any atom is -0.490 e. The molecule has 0 radical (unpaired) electrons. The van der Waals surface area contributed by atoms with Crippen LogP contribution >= 0.6 is 23.6 Å². The van der Waals surface area contributed by atoms with Crippen LogP contribution in [-0.2, 0) is 17.1 Å². The quantitative estimate of drug-likeness (QED) is 0.337. The first-order chi connectivity index (χ1) is 17.9. The summed E-state index contributed by atoms with van der Waals surface area (Å²) in [5.41, 5.74) is -1.46. The Morgan fingerprint density at radius 3 is 2.24 bits per heavy atom. The van der Waals surface area contributed by atoms with Crippen molar-refractivity contribution in [2.24, 2.45) is 0 Å². The normalized spacial score (nSPS) is 20.8. The van der Waals surface area contributed by atoms with Crippen LogP contribution < -0.4 is 9.64 Å². The Balaban J connectivity index is 1.19. The number of nitrogens with zero attached hydrogens (tertiary/aromatic N) is 5. The second kappa shape index (κ2) is 11.6. The Bertz CT molecular complexity index is 1170. The monoisotopic (exact) mass is 579 g/mol. The number of benzene rings is 1. The molecule has 2 aliphatic rings. The second-order valence-corrected chi connectivity index (χ2v) is 10.3. The van der Waals surface area contributed by atoms with E-state index in [9.17, 15) is 26.3 Å². The number of thiocarbonyl (C=S) groups is 1. The maximum absolute atomic E-state index is 13.2. The number of rotatable bonds is 6. The lowest BCUT2D eigenvalue weighted by atomic mass is 9.95. The molecule has 15 heteroatoms. The Morgan fingerprint density at radius 1 is 1.00 bits per heavy atom. The van der Waals surface area contributed by atoms with E-state index in [-0.39, 0.29) is 29.7 Å². The van der Waals surface area contributed by atoms with Gasteiger partial charge >= 0.3 is 12.4 Å². The number of ether oxygens (including phenoxy) is 2. The van der Waals surface area contributed by atoms with Crippen LogP contribution in [0, 0.1) is 11.3 Å². The SMILES string of the molecule is N#Cc1ccc(OC2CCC(OCC(=S)N3CCN(c4nnc(C(F)(F)F)s4)CC3)CC2)cc1C(F)(F)F. The van der Waals surface area contributed by atoms with Crippen LogP contribution in [0.5, 0.6) is 5.75 Å². The molecule has 7 nitrogen and oxygen atoms in total. The van der Waals surface area contributed by atoms with E-state index in [0.717, 1.165) is 12.1 Å². The Kier molecular flexibility index (Phi) is 8.63. The molecule has 1 aromatic carbocycles. The van der Waals surface area contributed by atoms with Crippen molar-refractivity contribution in [1.29, 1.82) is 5.26 Å². The third-order valence-corrected chi connectivity index (χ3v) is 7.75. The first-order valence-electron chi connectivity index (χ1n) is 11.8. The summed E-state index contributed by atoms with van der Waals surface area (Å²) in [6.45, 7) is 2.19. The fraction of sp³-hybridized carbons (Fsp3) is 0.565. The third-order valence-electron chi connectivity index (χ3n) is 6.34. The predicted molar refractivity (Wildman–Crippen MR) is 130 cm³/mol. The molecule has 2 aromatic rings. The van der Waals surface area contributed by atoms with Gasteiger partial charge in [0.2, 0.25) is 10.1 Å². The lowest BCUT2D eigenvalue weighted by molar-refractivity contribution is -0.138. The van der Waals surface area contributed by atoms with E-state index >= 15 is 0 Å². The molecule has 1 aliphatic carbocycles. The molecule has 0 amide bonds. The van der Waals surface area contributed by atoms with Crippen LogP contribution in [0.2, 0.25) is 0 Å². The summed E-state index contributed by atoms with van der Waals surface area (Å²) in [6, 6.07) is 4.89. The standard InChI is InChI=1S/C23H23F6N5O2S2/c24-22(25,26)18-11-17(2-1-14(18)12-30)36-16-5-3-15(4-6-16)35-13-19(37)33-7-9-34(10-8-33)21-32-31-20(38-21)23(27,28)29/h1-2,11,15-16H,3-10,13H2. The number of piperazine rings is 1. The van der Waals surface area contributed by atoms with Crippen molar-refractivity contribution >= 4 is 33.7 Å². The van der Waals surface area contributed by atoms with Gasteiger partial charge in [-0.15, -0.1) is 10.2 Å². The van der Waals surface area contributed by atoms with Crippen LogP contribution in [0.3, 0.4) is 0 Å². The van der Waals surface area contributed by atoms with Crippen LogP contribution in [0.25, 0.3) is 0 Å². The van der Waals surface area contributed by atoms with Crippen LogP contribution in [-0.4, -0.2) is 65.1 Å². The third kappa shape index (κ3) is 7.03. The zero-order valence-corrected chi connectivity index (χ0v) is 21.5. The van der Waals surface area contributed by atoms with Crippen molar-refractivity contribution in [1.82, 2.24) is 15.1 Å². The smallest absolute Gasteiger partial charge is 0.445 e. The molecular weight excluding hydrogens is 556 g/mol. The zero-order valence-electron chi connectivity index (χ0n) is 19.9. The van der Waals surface area contributed by atoms with Gasteiger partial charge in [0.05, 0.1) is 36.0 Å². The van der Waals surface area contributed by atoms with Gasteiger partial charge in [-0.25, -0.2) is 0 Å². The predicted octanol–water partition coefficient (Wildman–Crippen LogP) is 5.30. The van der Waals surface area contributed by atoms with E-state index in [2.05, 4.69) is 10.2 Å². The molecular formula is C23H23F6N5O2S2. The molecule has 0 N–H and O–H groups in total. The molecule has 0 spiro atoms. The number of nitriles is 1. The number of hydrogen-bond donors (Lipinski definition) is 0. The van der Waals surface area contributed by atoms with Crippen LogP contribution in [0.4, 0.5) is 31.5 Å². The Hall–Kier alpha value is -2.70. The molecule has 206 valence electrons. The molecule has 1 saturated carbocycles. The van der Waals surface area contributed by atoms with Gasteiger partial charge < -0.3 is 19.3 Å². The van der Waals surface area contributed by atoms with Gasteiger partial charge in [-0.2, -0.15) is 31.6 Å². The van der Waals surface area contributed by atoms with Gasteiger partial charge in [-0.05, 0) is 43.9 Å². The highest BCUT2D eigenvalue weighted by molar-refractivity contribution is 7.80. The average Bonchev–Trinajstić information content (AvgIpc) is 3.39. The highest BCUT2D eigenvalue weighted by Crippen LogP contribution is 2.36. The first kappa shape index (κ1) is 28.3. The van der Waals surface area contributed by atoms with E-state index < -0.39 is 28.5 Å². The highest BCUT2D eigenvalue weighted by atomic mass is 32.1. The lowest BCUT2D eigenvalue weighted by Gasteiger charge is -2.36. The molecule has 0 bridgehead atoms. The molecule has 2 fully saturated rings. The van der Waals surface area contributed by atoms with Crippen molar-refractivity contribution in [3.05, 3.63) is 34.3 Å². The fourth-order valence-corrected chi connectivity index (χ4v) is 5.34. The Labute approximate surface area is 223 Å². The molecule has 0 atom stereocenters. The summed E-state index contributed by atoms with van der Waals surface area (Å²) in [6.07, 6.45) is -6.98. The van der Waals surface area contributed by atoms with Gasteiger partial charge in [0.15, 0.2) is 0 Å². The lowest BCUT2D eigenvalue weighted by Crippen LogP contribution is -2.49. The molecule has 1 aromatic heterocycles. The van der Waals surface area contributed by atoms with Gasteiger partial charge in [0.25, 0.3) is 0 Å². The van der Waals surface area contributed by atoms with E-state index in [4.69, 9.17) is 27.0 Å². The second-order valence-electron chi connectivity index (χ2n) is 8.90. The van der Waals surface area contributed by atoms with E-state index in [1.54, 1.807) is 11.0 Å². The van der Waals surface area contributed by atoms with Crippen molar-refractivity contribution < 1.29 is 35.8 Å². The first-order valence-corrected chi connectivity index (χ1v) is 13.0. The van der Waals surface area contributed by atoms with E-state index in [0.29, 0.717) is 68.2 Å². The highest BCUT2D eigenvalue weighted by Gasteiger charge is 2.37. The number of alkyl halides is 6. The number of hydrogen-bond acceptors (Lipinski definition) is 8. The summed E-state index contributed by atoms with van der Waals surface area (Å²) in [4.78, 5) is 4.31. The van der Waals surface area contributed by atoms with E-state index in [1.807, 2.05) is 4.90 Å². The van der Waals surface area contributed by atoms with Crippen molar-refractivity contribution in [3.63, 3.8) is 0 Å². The van der Waals surface area contributed by atoms with Gasteiger partial charge in [0, 0.05) is 26.2 Å². The fourth-order valence-electron chi connectivity index (χ4n) is 4.32. The molecule has 38 heavy (non-hydrogen) atoms. The summed E-state index contributed by atoms with van der Waals surface area (Å²) < 4.78 is 89.6. The number of anilines is 1. The van der Waals surface area contributed by atoms with Gasteiger partial charge in [-0.3, -0.25) is 0 Å². The summed E-state index contributed by atoms with van der Waals surface area (Å²) in [5, 5.41) is 15.1. The largest absolute Gasteiger partial charge is 0.490 e. The minimum atomic E-state index is -4.64. The van der Waals surface area contributed by atoms with Crippen LogP contribution in [0.1, 0.15) is 41.8 Å². The summed E-state index contributed by atoms with van der Waals surface area (Å²) in [7, 11) is 0. The number of aromatic nitrogens is 2. The van der Waals surface area contributed by atoms with Gasteiger partial charge in [-0.1, -0.05) is 23.6 Å². The molecule has 1 aliphatic heterocycles. The minimum absolute atomic E-state index is 0.0667. The molecule has 0 unspecified atom stereocenters. The Morgan fingerprint density at radius 2 is 1.66 bits per heavy atom. The van der Waals surface area contributed by atoms with Gasteiger partial charge in [0.1, 0.15) is 10.7 Å². The maximum Gasteiger partial charge on any atom is 0.445 e. The number of halogens is 6. The maximum atomic E-state index is 13.2. The zero-order chi connectivity index (χ0) is 27.5. The summed E-state index contributed by atoms with van der Waals surface area (Å²) in [5.74, 6) is 0.0733. The van der Waals surface area contributed by atoms with Crippen molar-refractivity contribution in [3.8, 4) is 11.8 Å². The van der Waals surface area contributed by atoms with Crippen LogP contribution in [0.15, 0.2) is 18.2 Å². The summed E-state index contributed by atoms with van der Waals surface area (Å²) >= 11 is 6.01. The van der Waals surface area contributed by atoms with Crippen molar-refractivity contribution in [2.75, 3.05) is 37.7 Å². The molecule has 4 rings (SSSR count). The van der Waals surface area contributed by atoms with Crippen molar-refractivity contribution in [2.45, 2.75) is 50.2 Å². The molecule has 2 heterocycles.